The van der Waals surface area contributed by atoms with Crippen LogP contribution in [0.2, 0.25) is 0 Å². The molecule has 1 heterocycles. The Kier molecular flexibility index (Phi) is 2.99. The van der Waals surface area contributed by atoms with Crippen molar-refractivity contribution in [2.45, 2.75) is 32.1 Å². The molecule has 3 aromatic carbocycles. The topological polar surface area (TPSA) is 28.7 Å². The molecular formula is C22H20N2. The van der Waals surface area contributed by atoms with E-state index in [0.29, 0.717) is 5.92 Å². The molecule has 24 heavy (non-hydrogen) atoms. The summed E-state index contributed by atoms with van der Waals surface area (Å²) in [6.07, 6.45) is 7.71. The number of nitrogens with one attached hydrogen (secondary N) is 1. The summed E-state index contributed by atoms with van der Waals surface area (Å²) >= 11 is 0. The molecule has 1 atom stereocenters. The first-order chi connectivity index (χ1) is 11.8. The van der Waals surface area contributed by atoms with Gasteiger partial charge in [-0.15, -0.1) is 0 Å². The summed E-state index contributed by atoms with van der Waals surface area (Å²) in [7, 11) is 0. The van der Waals surface area contributed by atoms with Crippen LogP contribution in [0.25, 0.3) is 32.7 Å². The molecule has 1 N–H and O–H groups in total. The predicted molar refractivity (Wildman–Crippen MR) is 100 cm³/mol. The van der Waals surface area contributed by atoms with Gasteiger partial charge in [0.15, 0.2) is 0 Å². The highest BCUT2D eigenvalue weighted by Gasteiger charge is 2.20. The molecule has 0 bridgehead atoms. The lowest BCUT2D eigenvalue weighted by Crippen LogP contribution is -2.07. The molecule has 1 unspecified atom stereocenters. The lowest BCUT2D eigenvalue weighted by molar-refractivity contribution is 0.593. The van der Waals surface area contributed by atoms with Crippen LogP contribution in [0.3, 0.4) is 0 Å². The van der Waals surface area contributed by atoms with Crippen molar-refractivity contribution in [2.24, 2.45) is 0 Å². The van der Waals surface area contributed by atoms with Gasteiger partial charge < -0.3 is 0 Å². The minimum atomic E-state index is 0.669. The fourth-order valence-electron chi connectivity index (χ4n) is 4.37. The van der Waals surface area contributed by atoms with Crippen molar-refractivity contribution < 1.29 is 0 Å². The van der Waals surface area contributed by atoms with E-state index in [2.05, 4.69) is 59.6 Å². The largest absolute Gasteiger partial charge is 0.285 e. The molecule has 1 aliphatic rings. The quantitative estimate of drug-likeness (QED) is 0.441. The van der Waals surface area contributed by atoms with Gasteiger partial charge in [0.1, 0.15) is 0 Å². The molecular weight excluding hydrogens is 292 g/mol. The number of fused-ring (bicyclic) bond motifs is 5. The number of aromatic nitrogens is 2. The van der Waals surface area contributed by atoms with Gasteiger partial charge in [-0.1, -0.05) is 43.3 Å². The molecule has 118 valence electrons. The molecule has 5 rings (SSSR count). The highest BCUT2D eigenvalue weighted by Crippen LogP contribution is 2.41. The van der Waals surface area contributed by atoms with Crippen molar-refractivity contribution in [3.05, 3.63) is 66.0 Å². The van der Waals surface area contributed by atoms with Crippen LogP contribution in [0, 0.1) is 0 Å². The van der Waals surface area contributed by atoms with E-state index in [1.165, 1.54) is 46.4 Å². The fraction of sp³-hybridized carbons (Fsp3) is 0.227. The number of hydrogen-bond donors (Lipinski definition) is 1. The molecule has 0 fully saturated rings. The molecule has 1 aliphatic carbocycles. The molecule has 0 spiro atoms. The minimum absolute atomic E-state index is 0.669. The Labute approximate surface area is 141 Å². The Morgan fingerprint density at radius 2 is 1.83 bits per heavy atom. The highest BCUT2D eigenvalue weighted by molar-refractivity contribution is 6.14. The van der Waals surface area contributed by atoms with E-state index in [0.717, 1.165) is 5.56 Å². The smallest absolute Gasteiger partial charge is 0.0566 e. The number of rotatable bonds is 1. The van der Waals surface area contributed by atoms with E-state index in [9.17, 15) is 0 Å². The summed E-state index contributed by atoms with van der Waals surface area (Å²) in [6, 6.07) is 15.8. The van der Waals surface area contributed by atoms with Gasteiger partial charge in [0.25, 0.3) is 0 Å². The van der Waals surface area contributed by atoms with Crippen molar-refractivity contribution in [3.8, 4) is 11.1 Å². The normalized spacial score (nSPS) is 17.3. The van der Waals surface area contributed by atoms with E-state index < -0.39 is 0 Å². The Morgan fingerprint density at radius 3 is 2.67 bits per heavy atom. The lowest BCUT2D eigenvalue weighted by atomic mass is 9.80. The van der Waals surface area contributed by atoms with Crippen LogP contribution in [0.4, 0.5) is 0 Å². The number of H-pyrrole nitrogens is 1. The molecule has 0 aliphatic heterocycles. The number of aromatic amines is 1. The zero-order chi connectivity index (χ0) is 16.1. The third-order valence-electron chi connectivity index (χ3n) is 5.59. The Bertz CT molecular complexity index is 1040. The molecule has 0 saturated heterocycles. The van der Waals surface area contributed by atoms with Crippen molar-refractivity contribution in [1.29, 1.82) is 0 Å². The van der Waals surface area contributed by atoms with Gasteiger partial charge in [0.05, 0.1) is 6.20 Å². The van der Waals surface area contributed by atoms with Gasteiger partial charge >= 0.3 is 0 Å². The van der Waals surface area contributed by atoms with Crippen LogP contribution in [-0.4, -0.2) is 10.2 Å². The highest BCUT2D eigenvalue weighted by atomic mass is 15.1. The van der Waals surface area contributed by atoms with Gasteiger partial charge in [0, 0.05) is 11.8 Å². The van der Waals surface area contributed by atoms with E-state index >= 15 is 0 Å². The number of aryl methyl sites for hydroxylation is 1. The average molecular weight is 312 g/mol. The van der Waals surface area contributed by atoms with Crippen molar-refractivity contribution in [2.75, 3.05) is 0 Å². The summed E-state index contributed by atoms with van der Waals surface area (Å²) in [5, 5.41) is 12.6. The number of benzene rings is 3. The first-order valence-corrected chi connectivity index (χ1v) is 8.79. The minimum Gasteiger partial charge on any atom is -0.285 e. The maximum atomic E-state index is 4.16. The van der Waals surface area contributed by atoms with Crippen LogP contribution in [-0.2, 0) is 6.42 Å². The van der Waals surface area contributed by atoms with Gasteiger partial charge in [0.2, 0.25) is 0 Å². The standard InChI is InChI=1S/C22H20N2/c1-14-5-4-8-17-16(14)9-10-20-18-6-2-3-7-19(18)21(11-22(17)20)15-12-23-24-13-15/h2-3,6-7,9-14H,4-5,8H2,1H3,(H,23,24). The predicted octanol–water partition coefficient (Wildman–Crippen LogP) is 5.82. The first-order valence-electron chi connectivity index (χ1n) is 8.79. The van der Waals surface area contributed by atoms with Gasteiger partial charge in [-0.2, -0.15) is 5.10 Å². The van der Waals surface area contributed by atoms with Crippen molar-refractivity contribution >= 4 is 21.5 Å². The van der Waals surface area contributed by atoms with Crippen LogP contribution in [0.1, 0.15) is 36.8 Å². The maximum Gasteiger partial charge on any atom is 0.0566 e. The zero-order valence-electron chi connectivity index (χ0n) is 13.8. The third-order valence-corrected chi connectivity index (χ3v) is 5.59. The van der Waals surface area contributed by atoms with Gasteiger partial charge in [-0.3, -0.25) is 5.10 Å². The molecule has 2 heteroatoms. The van der Waals surface area contributed by atoms with Gasteiger partial charge in [-0.05, 0) is 69.5 Å². The third kappa shape index (κ3) is 1.92. The second-order valence-electron chi connectivity index (χ2n) is 6.98. The maximum absolute atomic E-state index is 4.16. The molecule has 0 amide bonds. The van der Waals surface area contributed by atoms with Crippen molar-refractivity contribution in [1.82, 2.24) is 10.2 Å². The first kappa shape index (κ1) is 13.8. The van der Waals surface area contributed by atoms with Crippen molar-refractivity contribution in [3.63, 3.8) is 0 Å². The van der Waals surface area contributed by atoms with Gasteiger partial charge in [-0.25, -0.2) is 0 Å². The molecule has 2 nitrogen and oxygen atoms in total. The number of hydrogen-bond acceptors (Lipinski definition) is 1. The lowest BCUT2D eigenvalue weighted by Gasteiger charge is -2.24. The second-order valence-corrected chi connectivity index (χ2v) is 6.98. The summed E-state index contributed by atoms with van der Waals surface area (Å²) in [4.78, 5) is 0. The zero-order valence-corrected chi connectivity index (χ0v) is 13.8. The Balaban J connectivity index is 1.94. The Hall–Kier alpha value is -2.61. The summed E-state index contributed by atoms with van der Waals surface area (Å²) in [6.45, 7) is 2.36. The van der Waals surface area contributed by atoms with E-state index in [-0.39, 0.29) is 0 Å². The van der Waals surface area contributed by atoms with Crippen LogP contribution < -0.4 is 0 Å². The van der Waals surface area contributed by atoms with E-state index in [1.54, 1.807) is 11.1 Å². The molecule has 0 radical (unpaired) electrons. The summed E-state index contributed by atoms with van der Waals surface area (Å²) in [5.74, 6) is 0.669. The Morgan fingerprint density at radius 1 is 1.00 bits per heavy atom. The van der Waals surface area contributed by atoms with Crippen LogP contribution in [0.5, 0.6) is 0 Å². The monoisotopic (exact) mass is 312 g/mol. The summed E-state index contributed by atoms with van der Waals surface area (Å²) in [5.41, 5.74) is 5.54. The number of nitrogens with zero attached hydrogens (tertiary/aromatic N) is 1. The molecule has 1 aromatic heterocycles. The fourth-order valence-corrected chi connectivity index (χ4v) is 4.37. The van der Waals surface area contributed by atoms with Crippen LogP contribution in [0.15, 0.2) is 54.9 Å². The SMILES string of the molecule is CC1CCCc2c1ccc1c2cc(-c2cn[nH]c2)c2ccccc21. The summed E-state index contributed by atoms with van der Waals surface area (Å²) < 4.78 is 0. The van der Waals surface area contributed by atoms with E-state index in [4.69, 9.17) is 0 Å². The molecule has 4 aromatic rings. The average Bonchev–Trinajstić information content (AvgIpc) is 3.15. The molecule has 0 saturated carbocycles. The second kappa shape index (κ2) is 5.20. The van der Waals surface area contributed by atoms with Crippen LogP contribution >= 0.6 is 0 Å². The van der Waals surface area contributed by atoms with E-state index in [1.807, 2.05) is 12.4 Å².